The van der Waals surface area contributed by atoms with E-state index in [1.165, 1.54) is 14.2 Å². The van der Waals surface area contributed by atoms with E-state index in [1.807, 2.05) is 19.1 Å². The molecule has 0 bridgehead atoms. The average Bonchev–Trinajstić information content (AvgIpc) is 2.61. The first kappa shape index (κ1) is 20.6. The Kier molecular flexibility index (Phi) is 6.32. The number of sulfonamides is 1. The Morgan fingerprint density at radius 3 is 2.37 bits per heavy atom. The monoisotopic (exact) mass is 392 g/mol. The average molecular weight is 392 g/mol. The second-order valence-electron chi connectivity index (χ2n) is 6.17. The lowest BCUT2D eigenvalue weighted by Gasteiger charge is -2.24. The standard InChI is InChI=1S/C19H24N2O5S/c1-13-6-7-14(2)17(10-13)21(27(5,23)24)12-19(22)20-16-9-8-15(25-3)11-18(16)26-4/h6-11H,12H2,1-5H3,(H,20,22). The number of rotatable bonds is 7. The molecule has 1 N–H and O–H groups in total. The van der Waals surface area contributed by atoms with E-state index in [0.717, 1.165) is 21.7 Å². The van der Waals surface area contributed by atoms with Gasteiger partial charge in [-0.3, -0.25) is 9.10 Å². The van der Waals surface area contributed by atoms with E-state index < -0.39 is 15.9 Å². The van der Waals surface area contributed by atoms with Gasteiger partial charge in [0.25, 0.3) is 0 Å². The van der Waals surface area contributed by atoms with Gasteiger partial charge < -0.3 is 14.8 Å². The van der Waals surface area contributed by atoms with Crippen LogP contribution in [0.3, 0.4) is 0 Å². The molecule has 0 aliphatic heterocycles. The molecule has 0 heterocycles. The fourth-order valence-electron chi connectivity index (χ4n) is 2.59. The van der Waals surface area contributed by atoms with Crippen LogP contribution >= 0.6 is 0 Å². The molecule has 2 aromatic rings. The number of amides is 1. The Hall–Kier alpha value is -2.74. The zero-order valence-corrected chi connectivity index (χ0v) is 16.9. The van der Waals surface area contributed by atoms with E-state index in [4.69, 9.17) is 9.47 Å². The van der Waals surface area contributed by atoms with Crippen LogP contribution in [0.5, 0.6) is 11.5 Å². The minimum atomic E-state index is -3.65. The van der Waals surface area contributed by atoms with Crippen LogP contribution in [0.25, 0.3) is 0 Å². The summed E-state index contributed by atoms with van der Waals surface area (Å²) in [6.45, 7) is 3.32. The van der Waals surface area contributed by atoms with Crippen molar-refractivity contribution in [3.63, 3.8) is 0 Å². The maximum atomic E-state index is 12.6. The van der Waals surface area contributed by atoms with Gasteiger partial charge in [0.15, 0.2) is 0 Å². The highest BCUT2D eigenvalue weighted by Crippen LogP contribution is 2.29. The summed E-state index contributed by atoms with van der Waals surface area (Å²) in [4.78, 5) is 12.6. The zero-order valence-electron chi connectivity index (χ0n) is 16.1. The topological polar surface area (TPSA) is 84.9 Å². The second-order valence-corrected chi connectivity index (χ2v) is 8.08. The smallest absolute Gasteiger partial charge is 0.245 e. The molecule has 146 valence electrons. The van der Waals surface area contributed by atoms with E-state index >= 15 is 0 Å². The lowest BCUT2D eigenvalue weighted by molar-refractivity contribution is -0.114. The number of carbonyl (C=O) groups excluding carboxylic acids is 1. The number of nitrogens with one attached hydrogen (secondary N) is 1. The molecule has 0 aromatic heterocycles. The molecule has 0 aliphatic rings. The number of carbonyl (C=O) groups is 1. The SMILES string of the molecule is COc1ccc(NC(=O)CN(c2cc(C)ccc2C)S(C)(=O)=O)c(OC)c1. The Bertz CT molecular complexity index is 941. The molecular formula is C19H24N2O5S. The summed E-state index contributed by atoms with van der Waals surface area (Å²) in [6.07, 6.45) is 1.08. The normalized spacial score (nSPS) is 11.0. The van der Waals surface area contributed by atoms with Gasteiger partial charge in [-0.15, -0.1) is 0 Å². The van der Waals surface area contributed by atoms with Crippen LogP contribution < -0.4 is 19.1 Å². The van der Waals surface area contributed by atoms with Crippen molar-refractivity contribution in [2.45, 2.75) is 13.8 Å². The number of nitrogens with zero attached hydrogens (tertiary/aromatic N) is 1. The van der Waals surface area contributed by atoms with Crippen LogP contribution in [0.15, 0.2) is 36.4 Å². The lowest BCUT2D eigenvalue weighted by atomic mass is 10.1. The van der Waals surface area contributed by atoms with Crippen molar-refractivity contribution < 1.29 is 22.7 Å². The molecule has 27 heavy (non-hydrogen) atoms. The molecule has 0 saturated carbocycles. The predicted molar refractivity (Wildman–Crippen MR) is 106 cm³/mol. The molecule has 8 heteroatoms. The largest absolute Gasteiger partial charge is 0.497 e. The van der Waals surface area contributed by atoms with Crippen LogP contribution in [-0.4, -0.2) is 41.3 Å². The van der Waals surface area contributed by atoms with E-state index in [9.17, 15) is 13.2 Å². The minimum Gasteiger partial charge on any atom is -0.497 e. The molecule has 2 rings (SSSR count). The van der Waals surface area contributed by atoms with Gasteiger partial charge in [0.2, 0.25) is 15.9 Å². The van der Waals surface area contributed by atoms with Gasteiger partial charge in [-0.1, -0.05) is 12.1 Å². The molecule has 0 saturated heterocycles. The van der Waals surface area contributed by atoms with Gasteiger partial charge in [0, 0.05) is 6.07 Å². The molecule has 2 aromatic carbocycles. The summed E-state index contributed by atoms with van der Waals surface area (Å²) in [6, 6.07) is 10.4. The third-order valence-electron chi connectivity index (χ3n) is 4.00. The highest BCUT2D eigenvalue weighted by Gasteiger charge is 2.23. The molecule has 7 nitrogen and oxygen atoms in total. The van der Waals surface area contributed by atoms with E-state index in [0.29, 0.717) is 22.9 Å². The van der Waals surface area contributed by atoms with Crippen molar-refractivity contribution in [3.8, 4) is 11.5 Å². The highest BCUT2D eigenvalue weighted by molar-refractivity contribution is 7.92. The van der Waals surface area contributed by atoms with Gasteiger partial charge in [-0.2, -0.15) is 0 Å². The number of aryl methyl sites for hydroxylation is 2. The maximum absolute atomic E-state index is 12.6. The summed E-state index contributed by atoms with van der Waals surface area (Å²) in [5.41, 5.74) is 2.58. The molecule has 0 aliphatic carbocycles. The summed E-state index contributed by atoms with van der Waals surface area (Å²) in [7, 11) is -0.645. The number of hydrogen-bond donors (Lipinski definition) is 1. The Balaban J connectivity index is 2.29. The first-order valence-electron chi connectivity index (χ1n) is 8.22. The third kappa shape index (κ3) is 5.13. The predicted octanol–water partition coefficient (Wildman–Crippen LogP) is 2.73. The Labute approximate surface area is 160 Å². The third-order valence-corrected chi connectivity index (χ3v) is 5.13. The van der Waals surface area contributed by atoms with E-state index in [2.05, 4.69) is 5.32 Å². The van der Waals surface area contributed by atoms with Crippen LogP contribution in [-0.2, 0) is 14.8 Å². The molecule has 0 radical (unpaired) electrons. The van der Waals surface area contributed by atoms with Gasteiger partial charge >= 0.3 is 0 Å². The van der Waals surface area contributed by atoms with Crippen molar-refractivity contribution in [1.82, 2.24) is 0 Å². The van der Waals surface area contributed by atoms with E-state index in [-0.39, 0.29) is 6.54 Å². The van der Waals surface area contributed by atoms with E-state index in [1.54, 1.807) is 31.2 Å². The van der Waals surface area contributed by atoms with Crippen LogP contribution in [0, 0.1) is 13.8 Å². The van der Waals surface area contributed by atoms with Crippen LogP contribution in [0.4, 0.5) is 11.4 Å². The van der Waals surface area contributed by atoms with Gasteiger partial charge in [0.05, 0.1) is 31.9 Å². The first-order chi connectivity index (χ1) is 12.7. The van der Waals surface area contributed by atoms with Gasteiger partial charge in [0.1, 0.15) is 18.0 Å². The maximum Gasteiger partial charge on any atom is 0.245 e. The van der Waals surface area contributed by atoms with Crippen LogP contribution in [0.2, 0.25) is 0 Å². The first-order valence-corrected chi connectivity index (χ1v) is 10.1. The summed E-state index contributed by atoms with van der Waals surface area (Å²) >= 11 is 0. The zero-order chi connectivity index (χ0) is 20.2. The van der Waals surface area contributed by atoms with Crippen molar-refractivity contribution in [1.29, 1.82) is 0 Å². The van der Waals surface area contributed by atoms with Crippen molar-refractivity contribution in [2.75, 3.05) is 36.6 Å². The fraction of sp³-hybridized carbons (Fsp3) is 0.316. The number of anilines is 2. The fourth-order valence-corrected chi connectivity index (χ4v) is 3.50. The molecule has 0 spiro atoms. The van der Waals surface area contributed by atoms with Crippen molar-refractivity contribution >= 4 is 27.3 Å². The highest BCUT2D eigenvalue weighted by atomic mass is 32.2. The van der Waals surface area contributed by atoms with Crippen molar-refractivity contribution in [3.05, 3.63) is 47.5 Å². The molecule has 0 atom stereocenters. The quantitative estimate of drug-likeness (QED) is 0.783. The summed E-state index contributed by atoms with van der Waals surface area (Å²) in [5.74, 6) is 0.517. The number of ether oxygens (including phenoxy) is 2. The number of benzene rings is 2. The number of methoxy groups -OCH3 is 2. The van der Waals surface area contributed by atoms with Crippen molar-refractivity contribution in [2.24, 2.45) is 0 Å². The summed E-state index contributed by atoms with van der Waals surface area (Å²) in [5, 5.41) is 2.69. The Morgan fingerprint density at radius 1 is 1.07 bits per heavy atom. The van der Waals surface area contributed by atoms with Gasteiger partial charge in [-0.05, 0) is 43.2 Å². The summed E-state index contributed by atoms with van der Waals surface area (Å²) < 4.78 is 36.1. The van der Waals surface area contributed by atoms with Gasteiger partial charge in [-0.25, -0.2) is 8.42 Å². The Morgan fingerprint density at radius 2 is 1.78 bits per heavy atom. The lowest BCUT2D eigenvalue weighted by Crippen LogP contribution is -2.38. The molecule has 0 fully saturated rings. The number of hydrogen-bond acceptors (Lipinski definition) is 5. The molecule has 1 amide bonds. The minimum absolute atomic E-state index is 0.349. The molecular weight excluding hydrogens is 368 g/mol. The molecule has 0 unspecified atom stereocenters. The van der Waals surface area contributed by atoms with Crippen LogP contribution in [0.1, 0.15) is 11.1 Å². The second kappa shape index (κ2) is 8.30.